The van der Waals surface area contributed by atoms with Crippen LogP contribution < -0.4 is 10.1 Å². The van der Waals surface area contributed by atoms with E-state index in [-0.39, 0.29) is 0 Å². The Morgan fingerprint density at radius 1 is 1.44 bits per heavy atom. The third-order valence-corrected chi connectivity index (χ3v) is 4.10. The average Bonchev–Trinajstić information content (AvgIpc) is 2.82. The standard InChI is InChI=1S/C13H13ClN2OS/c14-12-7-16-13(18-12)8-15-10-5-6-17-11-4-2-1-3-9(10)11/h1-4,7,10,15H,5-6,8H2. The zero-order valence-corrected chi connectivity index (χ0v) is 11.3. The number of thiazole rings is 1. The normalized spacial score (nSPS) is 18.2. The minimum atomic E-state index is 0.331. The Bertz CT molecular complexity index is 543. The van der Waals surface area contributed by atoms with Gasteiger partial charge in [0, 0.05) is 24.6 Å². The highest BCUT2D eigenvalue weighted by molar-refractivity contribution is 7.15. The molecule has 2 aromatic rings. The first kappa shape index (κ1) is 12.0. The van der Waals surface area contributed by atoms with Crippen molar-refractivity contribution in [2.45, 2.75) is 19.0 Å². The second-order valence-corrected chi connectivity index (χ2v) is 5.91. The molecule has 0 fully saturated rings. The van der Waals surface area contributed by atoms with Crippen molar-refractivity contribution in [3.8, 4) is 5.75 Å². The molecule has 1 aliphatic heterocycles. The van der Waals surface area contributed by atoms with E-state index in [1.54, 1.807) is 6.20 Å². The third kappa shape index (κ3) is 2.51. The summed E-state index contributed by atoms with van der Waals surface area (Å²) in [6.07, 6.45) is 2.68. The number of ether oxygens (including phenoxy) is 1. The Kier molecular flexibility index (Phi) is 3.50. The molecule has 1 atom stereocenters. The number of nitrogens with zero attached hydrogens (tertiary/aromatic N) is 1. The van der Waals surface area contributed by atoms with Crippen molar-refractivity contribution in [3.63, 3.8) is 0 Å². The second-order valence-electron chi connectivity index (χ2n) is 4.17. The van der Waals surface area contributed by atoms with Crippen molar-refractivity contribution in [2.24, 2.45) is 0 Å². The Labute approximate surface area is 115 Å². The minimum Gasteiger partial charge on any atom is -0.493 e. The molecular formula is C13H13ClN2OS. The first-order valence-corrected chi connectivity index (χ1v) is 7.08. The van der Waals surface area contributed by atoms with Crippen molar-refractivity contribution >= 4 is 22.9 Å². The molecule has 3 nitrogen and oxygen atoms in total. The van der Waals surface area contributed by atoms with E-state index in [2.05, 4.69) is 16.4 Å². The Balaban J connectivity index is 1.71. The van der Waals surface area contributed by atoms with E-state index in [1.165, 1.54) is 16.9 Å². The lowest BCUT2D eigenvalue weighted by Gasteiger charge is -2.26. The molecule has 1 aromatic heterocycles. The van der Waals surface area contributed by atoms with Crippen LogP contribution in [0.5, 0.6) is 5.75 Å². The molecule has 2 heterocycles. The maximum absolute atomic E-state index is 5.87. The molecule has 1 unspecified atom stereocenters. The van der Waals surface area contributed by atoms with Crippen molar-refractivity contribution < 1.29 is 4.74 Å². The third-order valence-electron chi connectivity index (χ3n) is 2.98. The van der Waals surface area contributed by atoms with Gasteiger partial charge in [-0.2, -0.15) is 0 Å². The second kappa shape index (κ2) is 5.26. The average molecular weight is 281 g/mol. The number of rotatable bonds is 3. The van der Waals surface area contributed by atoms with Gasteiger partial charge in [0.1, 0.15) is 15.1 Å². The van der Waals surface area contributed by atoms with Crippen LogP contribution in [0.4, 0.5) is 0 Å². The molecule has 94 valence electrons. The van der Waals surface area contributed by atoms with Crippen molar-refractivity contribution in [3.05, 3.63) is 45.4 Å². The Hall–Kier alpha value is -1.10. The van der Waals surface area contributed by atoms with Gasteiger partial charge in [0.05, 0.1) is 12.8 Å². The fraction of sp³-hybridized carbons (Fsp3) is 0.308. The lowest BCUT2D eigenvalue weighted by atomic mass is 10.0. The van der Waals surface area contributed by atoms with Crippen LogP contribution in [-0.2, 0) is 6.54 Å². The molecule has 0 saturated carbocycles. The first-order valence-electron chi connectivity index (χ1n) is 5.88. The van der Waals surface area contributed by atoms with Gasteiger partial charge in [-0.1, -0.05) is 29.8 Å². The van der Waals surface area contributed by atoms with Gasteiger partial charge in [0.2, 0.25) is 0 Å². The number of hydrogen-bond acceptors (Lipinski definition) is 4. The summed E-state index contributed by atoms with van der Waals surface area (Å²) >= 11 is 7.39. The van der Waals surface area contributed by atoms with Gasteiger partial charge in [0.15, 0.2) is 0 Å². The fourth-order valence-electron chi connectivity index (χ4n) is 2.13. The first-order chi connectivity index (χ1) is 8.83. The predicted molar refractivity (Wildman–Crippen MR) is 73.3 cm³/mol. The van der Waals surface area contributed by atoms with Gasteiger partial charge in [-0.25, -0.2) is 4.98 Å². The highest BCUT2D eigenvalue weighted by atomic mass is 35.5. The molecular weight excluding hydrogens is 268 g/mol. The van der Waals surface area contributed by atoms with Crippen LogP contribution in [-0.4, -0.2) is 11.6 Å². The maximum Gasteiger partial charge on any atom is 0.124 e. The van der Waals surface area contributed by atoms with E-state index < -0.39 is 0 Å². The molecule has 0 amide bonds. The van der Waals surface area contributed by atoms with E-state index in [0.29, 0.717) is 6.04 Å². The molecule has 0 bridgehead atoms. The molecule has 0 saturated heterocycles. The van der Waals surface area contributed by atoms with Gasteiger partial charge in [-0.3, -0.25) is 0 Å². The summed E-state index contributed by atoms with van der Waals surface area (Å²) in [5.74, 6) is 0.985. The van der Waals surface area contributed by atoms with Crippen molar-refractivity contribution in [1.29, 1.82) is 0 Å². The van der Waals surface area contributed by atoms with Crippen LogP contribution in [0.25, 0.3) is 0 Å². The number of para-hydroxylation sites is 1. The van der Waals surface area contributed by atoms with Crippen LogP contribution in [0.15, 0.2) is 30.5 Å². The summed E-state index contributed by atoms with van der Waals surface area (Å²) in [6, 6.07) is 8.51. The van der Waals surface area contributed by atoms with Gasteiger partial charge in [-0.05, 0) is 6.07 Å². The summed E-state index contributed by atoms with van der Waals surface area (Å²) in [5, 5.41) is 4.53. The van der Waals surface area contributed by atoms with E-state index >= 15 is 0 Å². The largest absolute Gasteiger partial charge is 0.493 e. The predicted octanol–water partition coefficient (Wildman–Crippen LogP) is 3.41. The number of hydrogen-bond donors (Lipinski definition) is 1. The molecule has 1 aromatic carbocycles. The highest BCUT2D eigenvalue weighted by Crippen LogP contribution is 2.31. The number of aromatic nitrogens is 1. The minimum absolute atomic E-state index is 0.331. The van der Waals surface area contributed by atoms with Gasteiger partial charge < -0.3 is 10.1 Å². The van der Waals surface area contributed by atoms with Gasteiger partial charge >= 0.3 is 0 Å². The summed E-state index contributed by atoms with van der Waals surface area (Å²) in [4.78, 5) is 4.25. The zero-order chi connectivity index (χ0) is 12.4. The number of nitrogens with one attached hydrogen (secondary N) is 1. The van der Waals surface area contributed by atoms with E-state index in [1.807, 2.05) is 18.2 Å². The molecule has 0 aliphatic carbocycles. The van der Waals surface area contributed by atoms with Crippen LogP contribution in [0.3, 0.4) is 0 Å². The Morgan fingerprint density at radius 2 is 2.33 bits per heavy atom. The SMILES string of the molecule is Clc1cnc(CNC2CCOc3ccccc32)s1. The zero-order valence-electron chi connectivity index (χ0n) is 9.73. The highest BCUT2D eigenvalue weighted by Gasteiger charge is 2.20. The monoisotopic (exact) mass is 280 g/mol. The van der Waals surface area contributed by atoms with Crippen molar-refractivity contribution in [1.82, 2.24) is 10.3 Å². The molecule has 3 rings (SSSR count). The molecule has 1 aliphatic rings. The summed E-state index contributed by atoms with van der Waals surface area (Å²) < 4.78 is 6.37. The number of fused-ring (bicyclic) bond motifs is 1. The van der Waals surface area contributed by atoms with Gasteiger partial charge in [-0.15, -0.1) is 11.3 Å². The van der Waals surface area contributed by atoms with Crippen molar-refractivity contribution in [2.75, 3.05) is 6.61 Å². The molecule has 0 spiro atoms. The van der Waals surface area contributed by atoms with E-state index in [9.17, 15) is 0 Å². The van der Waals surface area contributed by atoms with Crippen LogP contribution in [0.2, 0.25) is 4.34 Å². The molecule has 0 radical (unpaired) electrons. The molecule has 1 N–H and O–H groups in total. The Morgan fingerprint density at radius 3 is 3.17 bits per heavy atom. The summed E-state index contributed by atoms with van der Waals surface area (Å²) in [5.41, 5.74) is 1.23. The summed E-state index contributed by atoms with van der Waals surface area (Å²) in [6.45, 7) is 1.50. The molecule has 5 heteroatoms. The smallest absolute Gasteiger partial charge is 0.124 e. The van der Waals surface area contributed by atoms with E-state index in [4.69, 9.17) is 16.3 Å². The summed E-state index contributed by atoms with van der Waals surface area (Å²) in [7, 11) is 0. The van der Waals surface area contributed by atoms with Crippen LogP contribution >= 0.6 is 22.9 Å². The van der Waals surface area contributed by atoms with Gasteiger partial charge in [0.25, 0.3) is 0 Å². The maximum atomic E-state index is 5.87. The van der Waals surface area contributed by atoms with Crippen LogP contribution in [0.1, 0.15) is 23.0 Å². The quantitative estimate of drug-likeness (QED) is 0.936. The molecule has 18 heavy (non-hydrogen) atoms. The lowest BCUT2D eigenvalue weighted by molar-refractivity contribution is 0.252. The number of benzene rings is 1. The topological polar surface area (TPSA) is 34.2 Å². The van der Waals surface area contributed by atoms with Crippen LogP contribution in [0, 0.1) is 0 Å². The number of halogens is 1. The van der Waals surface area contributed by atoms with E-state index in [0.717, 1.165) is 34.7 Å². The lowest BCUT2D eigenvalue weighted by Crippen LogP contribution is -2.26. The fourth-order valence-corrected chi connectivity index (χ4v) is 3.04.